The second kappa shape index (κ2) is 31.9. The Morgan fingerprint density at radius 1 is 0.231 bits per heavy atom. The molecule has 0 aliphatic rings. The molecular formula is C96H74Ir2N4Si2-4. The summed E-state index contributed by atoms with van der Waals surface area (Å²) >= 11 is 0. The maximum atomic E-state index is 4.84. The van der Waals surface area contributed by atoms with Crippen LogP contribution in [-0.2, 0) is 40.2 Å². The summed E-state index contributed by atoms with van der Waals surface area (Å²) in [4.78, 5) is 18.1. The Bertz CT molecular complexity index is 5800. The quantitative estimate of drug-likeness (QED) is 0.0821. The molecule has 0 saturated carbocycles. The molecule has 0 fully saturated rings. The van der Waals surface area contributed by atoms with Crippen molar-refractivity contribution >= 4 is 102 Å². The third-order valence-electron chi connectivity index (χ3n) is 19.0. The van der Waals surface area contributed by atoms with E-state index in [9.17, 15) is 0 Å². The van der Waals surface area contributed by atoms with Crippen LogP contribution in [0.3, 0.4) is 0 Å². The second-order valence-corrected chi connectivity index (χ2v) is 38.0. The molecule has 18 aromatic rings. The maximum absolute atomic E-state index is 4.84. The van der Waals surface area contributed by atoms with Gasteiger partial charge >= 0.3 is 0 Å². The summed E-state index contributed by atoms with van der Waals surface area (Å²) in [5.74, 6) is 0. The van der Waals surface area contributed by atoms with Gasteiger partial charge in [-0.05, 0) is 146 Å². The van der Waals surface area contributed by atoms with Crippen molar-refractivity contribution in [3.8, 4) is 78.4 Å². The Balaban J connectivity index is 0.000000138. The topological polar surface area (TPSA) is 51.6 Å². The van der Waals surface area contributed by atoms with Crippen molar-refractivity contribution in [1.29, 1.82) is 0 Å². The van der Waals surface area contributed by atoms with E-state index in [1.54, 1.807) is 12.4 Å². The van der Waals surface area contributed by atoms with Gasteiger partial charge in [0, 0.05) is 65.0 Å². The van der Waals surface area contributed by atoms with E-state index in [4.69, 9.17) is 9.97 Å². The molecular weight excluding hydrogens is 1650 g/mol. The maximum Gasteiger partial charge on any atom is 0.0795 e. The van der Waals surface area contributed by atoms with Gasteiger partial charge in [-0.3, -0.25) is 0 Å². The van der Waals surface area contributed by atoms with E-state index >= 15 is 0 Å². The van der Waals surface area contributed by atoms with Crippen molar-refractivity contribution < 1.29 is 40.2 Å². The molecule has 0 aliphatic carbocycles. The number of hydrogen-bond donors (Lipinski definition) is 0. The molecule has 4 aromatic heterocycles. The van der Waals surface area contributed by atoms with Crippen molar-refractivity contribution in [3.05, 3.63) is 365 Å². The van der Waals surface area contributed by atoms with E-state index in [0.29, 0.717) is 0 Å². The van der Waals surface area contributed by atoms with Gasteiger partial charge in [0.2, 0.25) is 0 Å². The van der Waals surface area contributed by atoms with Crippen LogP contribution in [0.5, 0.6) is 0 Å². The normalized spacial score (nSPS) is 11.2. The van der Waals surface area contributed by atoms with Crippen LogP contribution < -0.4 is 10.4 Å². The zero-order valence-electron chi connectivity index (χ0n) is 58.8. The van der Waals surface area contributed by atoms with Crippen molar-refractivity contribution in [2.75, 3.05) is 0 Å². The first kappa shape index (κ1) is 71.6. The van der Waals surface area contributed by atoms with E-state index in [0.717, 1.165) is 45.0 Å². The molecule has 0 unspecified atom stereocenters. The molecule has 0 saturated heterocycles. The minimum absolute atomic E-state index is 0. The van der Waals surface area contributed by atoms with Gasteiger partial charge in [0.05, 0.1) is 16.1 Å². The number of benzene rings is 14. The van der Waals surface area contributed by atoms with Crippen LogP contribution in [0.2, 0.25) is 39.3 Å². The molecule has 0 aliphatic heterocycles. The molecule has 0 atom stereocenters. The first-order chi connectivity index (χ1) is 49.8. The number of hydrogen-bond acceptors (Lipinski definition) is 4. The minimum atomic E-state index is -1.39. The predicted molar refractivity (Wildman–Crippen MR) is 439 cm³/mol. The van der Waals surface area contributed by atoms with Crippen LogP contribution in [0.25, 0.3) is 154 Å². The molecule has 0 bridgehead atoms. The van der Waals surface area contributed by atoms with Gasteiger partial charge in [0.15, 0.2) is 0 Å². The van der Waals surface area contributed by atoms with Gasteiger partial charge in [-0.15, -0.1) is 119 Å². The SMILES string of the molecule is C[Si](C)(C)c1ccc(-c2[c-]cc3c4ccc(-c5ccc6ccccc6c5)cc4c4ccccc4c3c2)nc1.C[Si](C)(C)c1ccc(-c2[c-]cc3c4ccc(-c5cccc(-c6ccccc6)c5)cc4c4ccccc4c3c2)nc1.[Ir].[Ir].[c-]1ccccc1-c1ccccn1.[c-]1ccccc1-c1ccccn1. The van der Waals surface area contributed by atoms with Crippen molar-refractivity contribution in [1.82, 2.24) is 19.9 Å². The van der Waals surface area contributed by atoms with Crippen LogP contribution in [-0.4, -0.2) is 36.1 Å². The predicted octanol–water partition coefficient (Wildman–Crippen LogP) is 24.4. The molecule has 2 radical (unpaired) electrons. The Morgan fingerprint density at radius 3 is 1.04 bits per heavy atom. The van der Waals surface area contributed by atoms with Crippen molar-refractivity contribution in [2.24, 2.45) is 0 Å². The van der Waals surface area contributed by atoms with Crippen molar-refractivity contribution in [3.63, 3.8) is 0 Å². The van der Waals surface area contributed by atoms with Crippen LogP contribution in [0.4, 0.5) is 0 Å². The van der Waals surface area contributed by atoms with Crippen LogP contribution in [0.15, 0.2) is 340 Å². The van der Waals surface area contributed by atoms with Crippen LogP contribution in [0.1, 0.15) is 0 Å². The third kappa shape index (κ3) is 15.7. The second-order valence-electron chi connectivity index (χ2n) is 27.8. The van der Waals surface area contributed by atoms with Crippen LogP contribution >= 0.6 is 0 Å². The number of nitrogens with zero attached hydrogens (tertiary/aromatic N) is 4. The molecule has 4 nitrogen and oxygen atoms in total. The summed E-state index contributed by atoms with van der Waals surface area (Å²) in [5, 5.41) is 20.3. The molecule has 508 valence electrons. The summed E-state index contributed by atoms with van der Waals surface area (Å²) in [7, 11) is -2.77. The Morgan fingerprint density at radius 2 is 0.606 bits per heavy atom. The molecule has 0 N–H and O–H groups in total. The van der Waals surface area contributed by atoms with E-state index in [-0.39, 0.29) is 40.2 Å². The van der Waals surface area contributed by atoms with Gasteiger partial charge in [-0.2, -0.15) is 0 Å². The Kier molecular flexibility index (Phi) is 21.9. The monoisotopic (exact) mass is 1720 g/mol. The molecule has 0 spiro atoms. The fraction of sp³-hybridized carbons (Fsp3) is 0.0625. The van der Waals surface area contributed by atoms with Gasteiger partial charge in [-0.1, -0.05) is 278 Å². The van der Waals surface area contributed by atoms with E-state index in [1.807, 2.05) is 84.9 Å². The van der Waals surface area contributed by atoms with E-state index in [2.05, 4.69) is 316 Å². The van der Waals surface area contributed by atoms with E-state index < -0.39 is 16.1 Å². The molecule has 8 heteroatoms. The van der Waals surface area contributed by atoms with Crippen molar-refractivity contribution in [2.45, 2.75) is 39.3 Å². The number of rotatable bonds is 9. The van der Waals surface area contributed by atoms with Gasteiger partial charge in [-0.25, -0.2) is 0 Å². The molecule has 18 rings (SSSR count). The fourth-order valence-electron chi connectivity index (χ4n) is 13.5. The standard InChI is InChI=1S/C38H30NSi.C36H28NSi.2C11H8N.2Ir/c1-40(2,3)31-18-21-38(39-25-31)30-17-20-35-34-19-16-29(23-36(34)32-14-7-8-15-33(32)37(35)24-30)28-13-9-12-27(22-28)26-10-5-4-6-11-26;1-38(2,3)29-16-19-36(37-23-29)28-15-18-33-32-17-14-27(26-13-12-24-8-4-5-9-25(24)20-26)21-34(32)30-10-6-7-11-31(30)35(33)22-28;2*1-2-6-10(7-3-1)11-8-4-5-9-12-11;;/h4-16,18-25H,1-3H3;4-14,16-23H,1-3H3;2*1-6,8-9H;;/q4*-1;;. The molecule has 4 heterocycles. The largest absolute Gasteiger partial charge is 0.305 e. The molecule has 104 heavy (non-hydrogen) atoms. The third-order valence-corrected chi connectivity index (χ3v) is 23.1. The van der Waals surface area contributed by atoms with Gasteiger partial charge < -0.3 is 19.9 Å². The Hall–Kier alpha value is -10.8. The average molecular weight is 1720 g/mol. The summed E-state index contributed by atoms with van der Waals surface area (Å²) in [5.41, 5.74) is 15.4. The summed E-state index contributed by atoms with van der Waals surface area (Å²) in [6.45, 7) is 14.1. The zero-order valence-corrected chi connectivity index (χ0v) is 65.6. The zero-order chi connectivity index (χ0) is 69.6. The summed E-state index contributed by atoms with van der Waals surface area (Å²) in [6.07, 6.45) is 7.70. The number of pyridine rings is 4. The number of fused-ring (bicyclic) bond motifs is 13. The molecule has 0 amide bonds. The van der Waals surface area contributed by atoms with Gasteiger partial charge in [0.25, 0.3) is 0 Å². The van der Waals surface area contributed by atoms with Gasteiger partial charge in [0.1, 0.15) is 0 Å². The molecule has 14 aromatic carbocycles. The smallest absolute Gasteiger partial charge is 0.0795 e. The first-order valence-electron chi connectivity index (χ1n) is 34.8. The Labute approximate surface area is 639 Å². The van der Waals surface area contributed by atoms with Crippen LogP contribution in [0, 0.1) is 24.3 Å². The summed E-state index contributed by atoms with van der Waals surface area (Å²) < 4.78 is 0. The fourth-order valence-corrected chi connectivity index (χ4v) is 15.5. The average Bonchev–Trinajstić information content (AvgIpc) is 0.743. The minimum Gasteiger partial charge on any atom is -0.305 e. The summed E-state index contributed by atoms with van der Waals surface area (Å²) in [6, 6.07) is 124. The van der Waals surface area contributed by atoms with E-state index in [1.165, 1.54) is 119 Å². The number of aromatic nitrogens is 4. The first-order valence-corrected chi connectivity index (χ1v) is 41.8.